The normalized spacial score (nSPS) is 9.76. The summed E-state index contributed by atoms with van der Waals surface area (Å²) in [5.41, 5.74) is 6.47. The molecule has 0 aliphatic carbocycles. The second-order valence-corrected chi connectivity index (χ2v) is 4.15. The van der Waals surface area contributed by atoms with Crippen LogP contribution in [0.15, 0.2) is 22.7 Å². The molecule has 1 aromatic rings. The van der Waals surface area contributed by atoms with Crippen molar-refractivity contribution in [2.24, 2.45) is 0 Å². The van der Waals surface area contributed by atoms with Gasteiger partial charge in [0, 0.05) is 17.2 Å². The minimum Gasteiger partial charge on any atom is -0.462 e. The Morgan fingerprint density at radius 1 is 1.47 bits per heavy atom. The number of carbonyl (C=O) groups is 2. The Hall–Kier alpha value is -1.56. The molecule has 0 aliphatic heterocycles. The van der Waals surface area contributed by atoms with Crippen molar-refractivity contribution in [2.45, 2.75) is 6.42 Å². The maximum atomic E-state index is 11.6. The number of halogens is 1. The van der Waals surface area contributed by atoms with Gasteiger partial charge < -0.3 is 15.8 Å². The van der Waals surface area contributed by atoms with Gasteiger partial charge in [-0.3, -0.25) is 4.79 Å². The Kier molecular flexibility index (Phi) is 4.96. The van der Waals surface area contributed by atoms with E-state index < -0.39 is 5.97 Å². The molecule has 17 heavy (non-hydrogen) atoms. The van der Waals surface area contributed by atoms with Crippen LogP contribution in [-0.4, -0.2) is 25.5 Å². The average Bonchev–Trinajstić information content (AvgIpc) is 2.32. The molecule has 0 heterocycles. The van der Waals surface area contributed by atoms with Crippen LogP contribution in [0.2, 0.25) is 0 Å². The summed E-state index contributed by atoms with van der Waals surface area (Å²) in [6.45, 7) is 0.0501. The van der Waals surface area contributed by atoms with Crippen LogP contribution in [0, 0.1) is 0 Å². The van der Waals surface area contributed by atoms with Gasteiger partial charge in [0.05, 0.1) is 12.0 Å². The predicted octanol–water partition coefficient (Wildman–Crippen LogP) is 1.32. The first kappa shape index (κ1) is 13.5. The van der Waals surface area contributed by atoms with Gasteiger partial charge in [0.15, 0.2) is 0 Å². The van der Waals surface area contributed by atoms with Gasteiger partial charge >= 0.3 is 5.97 Å². The van der Waals surface area contributed by atoms with Crippen LogP contribution in [0.1, 0.15) is 16.8 Å². The van der Waals surface area contributed by atoms with Crippen molar-refractivity contribution >= 4 is 33.5 Å². The lowest BCUT2D eigenvalue weighted by Gasteiger charge is -2.05. The zero-order chi connectivity index (χ0) is 12.8. The van der Waals surface area contributed by atoms with E-state index >= 15 is 0 Å². The first-order chi connectivity index (χ1) is 8.04. The number of carbonyl (C=O) groups excluding carboxylic acids is 2. The number of esters is 1. The van der Waals surface area contributed by atoms with Crippen molar-refractivity contribution < 1.29 is 14.3 Å². The van der Waals surface area contributed by atoms with Crippen LogP contribution < -0.4 is 11.1 Å². The number of nitrogens with two attached hydrogens (primary N) is 1. The second kappa shape index (κ2) is 6.24. The molecular formula is C11H13BrN2O3. The topological polar surface area (TPSA) is 81.4 Å². The minimum atomic E-state index is -0.492. The average molecular weight is 301 g/mol. The van der Waals surface area contributed by atoms with Gasteiger partial charge in [-0.2, -0.15) is 0 Å². The lowest BCUT2D eigenvalue weighted by Crippen LogP contribution is -2.20. The SMILES string of the molecule is CNC(=O)CCOC(=O)c1ccc(Br)c(N)c1. The highest BCUT2D eigenvalue weighted by molar-refractivity contribution is 9.10. The minimum absolute atomic E-state index is 0.0501. The molecule has 0 radical (unpaired) electrons. The largest absolute Gasteiger partial charge is 0.462 e. The summed E-state index contributed by atoms with van der Waals surface area (Å²) >= 11 is 3.23. The second-order valence-electron chi connectivity index (χ2n) is 3.30. The fourth-order valence-corrected chi connectivity index (χ4v) is 1.36. The Morgan fingerprint density at radius 2 is 2.18 bits per heavy atom. The third-order valence-electron chi connectivity index (χ3n) is 2.07. The Balaban J connectivity index is 2.52. The van der Waals surface area contributed by atoms with Gasteiger partial charge in [0.1, 0.15) is 6.61 Å². The predicted molar refractivity (Wildman–Crippen MR) is 67.5 cm³/mol. The number of amides is 1. The van der Waals surface area contributed by atoms with Gasteiger partial charge in [-0.25, -0.2) is 4.79 Å². The molecule has 0 aliphatic rings. The van der Waals surface area contributed by atoms with Gasteiger partial charge in [-0.05, 0) is 34.1 Å². The first-order valence-corrected chi connectivity index (χ1v) is 5.76. The van der Waals surface area contributed by atoms with E-state index in [1.807, 2.05) is 0 Å². The van der Waals surface area contributed by atoms with E-state index in [2.05, 4.69) is 21.2 Å². The molecule has 6 heteroatoms. The fraction of sp³-hybridized carbons (Fsp3) is 0.273. The molecule has 0 bridgehead atoms. The van der Waals surface area contributed by atoms with E-state index in [0.717, 1.165) is 4.47 Å². The number of benzene rings is 1. The molecule has 0 fully saturated rings. The van der Waals surface area contributed by atoms with Crippen LogP contribution in [0.4, 0.5) is 5.69 Å². The highest BCUT2D eigenvalue weighted by Crippen LogP contribution is 2.20. The van der Waals surface area contributed by atoms with Gasteiger partial charge in [-0.15, -0.1) is 0 Å². The van der Waals surface area contributed by atoms with Crippen LogP contribution in [0.25, 0.3) is 0 Å². The Labute approximate surface area is 107 Å². The highest BCUT2D eigenvalue weighted by Gasteiger charge is 2.09. The summed E-state index contributed by atoms with van der Waals surface area (Å²) in [5, 5.41) is 2.44. The molecule has 0 spiro atoms. The lowest BCUT2D eigenvalue weighted by atomic mass is 10.2. The van der Waals surface area contributed by atoms with Gasteiger partial charge in [-0.1, -0.05) is 0 Å². The molecule has 0 aromatic heterocycles. The molecule has 3 N–H and O–H groups in total. The number of hydrogen-bond donors (Lipinski definition) is 2. The van der Waals surface area contributed by atoms with Crippen LogP contribution in [0.5, 0.6) is 0 Å². The van der Waals surface area contributed by atoms with Gasteiger partial charge in [0.25, 0.3) is 0 Å². The molecular weight excluding hydrogens is 288 g/mol. The molecule has 0 atom stereocenters. The zero-order valence-electron chi connectivity index (χ0n) is 9.33. The maximum absolute atomic E-state index is 11.6. The highest BCUT2D eigenvalue weighted by atomic mass is 79.9. The van der Waals surface area contributed by atoms with Crippen molar-refractivity contribution in [3.05, 3.63) is 28.2 Å². The molecule has 0 unspecified atom stereocenters. The van der Waals surface area contributed by atoms with Gasteiger partial charge in [0.2, 0.25) is 5.91 Å². The third kappa shape index (κ3) is 4.07. The number of hydrogen-bond acceptors (Lipinski definition) is 4. The quantitative estimate of drug-likeness (QED) is 0.649. The maximum Gasteiger partial charge on any atom is 0.338 e. The number of nitrogen functional groups attached to an aromatic ring is 1. The molecule has 0 saturated heterocycles. The van der Waals surface area contributed by atoms with Crippen LogP contribution >= 0.6 is 15.9 Å². The molecule has 1 rings (SSSR count). The summed E-state index contributed by atoms with van der Waals surface area (Å²) in [6, 6.07) is 4.79. The monoisotopic (exact) mass is 300 g/mol. The molecule has 1 amide bonds. The van der Waals surface area contributed by atoms with Crippen molar-refractivity contribution in [3.8, 4) is 0 Å². The first-order valence-electron chi connectivity index (χ1n) is 4.97. The summed E-state index contributed by atoms with van der Waals surface area (Å²) in [5.74, 6) is -0.666. The van der Waals surface area contributed by atoms with E-state index in [0.29, 0.717) is 11.3 Å². The molecule has 5 nitrogen and oxygen atoms in total. The third-order valence-corrected chi connectivity index (χ3v) is 2.79. The van der Waals surface area contributed by atoms with E-state index in [-0.39, 0.29) is 18.9 Å². The molecule has 92 valence electrons. The molecule has 1 aromatic carbocycles. The van der Waals surface area contributed by atoms with Crippen molar-refractivity contribution in [3.63, 3.8) is 0 Å². The summed E-state index contributed by atoms with van der Waals surface area (Å²) in [6.07, 6.45) is 0.147. The zero-order valence-corrected chi connectivity index (χ0v) is 10.9. The lowest BCUT2D eigenvalue weighted by molar-refractivity contribution is -0.121. The number of rotatable bonds is 4. The summed E-state index contributed by atoms with van der Waals surface area (Å²) in [4.78, 5) is 22.5. The smallest absolute Gasteiger partial charge is 0.338 e. The van der Waals surface area contributed by atoms with E-state index in [1.165, 1.54) is 13.1 Å². The Morgan fingerprint density at radius 3 is 2.76 bits per heavy atom. The van der Waals surface area contributed by atoms with E-state index in [1.54, 1.807) is 12.1 Å². The number of anilines is 1. The fourth-order valence-electron chi connectivity index (χ4n) is 1.12. The van der Waals surface area contributed by atoms with Crippen molar-refractivity contribution in [2.75, 3.05) is 19.4 Å². The van der Waals surface area contributed by atoms with Crippen molar-refractivity contribution in [1.29, 1.82) is 0 Å². The summed E-state index contributed by atoms with van der Waals surface area (Å²) < 4.78 is 5.65. The van der Waals surface area contributed by atoms with E-state index in [4.69, 9.17) is 10.5 Å². The van der Waals surface area contributed by atoms with Crippen LogP contribution in [0.3, 0.4) is 0 Å². The van der Waals surface area contributed by atoms with Crippen molar-refractivity contribution in [1.82, 2.24) is 5.32 Å². The number of ether oxygens (including phenoxy) is 1. The standard InChI is InChI=1S/C11H13BrN2O3/c1-14-10(15)4-5-17-11(16)7-2-3-8(12)9(13)6-7/h2-3,6H,4-5,13H2,1H3,(H,14,15). The van der Waals surface area contributed by atoms with E-state index in [9.17, 15) is 9.59 Å². The van der Waals surface area contributed by atoms with Crippen LogP contribution in [-0.2, 0) is 9.53 Å². The molecule has 0 saturated carbocycles. The Bertz CT molecular complexity index is 435. The number of nitrogens with one attached hydrogen (secondary N) is 1. The summed E-state index contributed by atoms with van der Waals surface area (Å²) in [7, 11) is 1.53.